The van der Waals surface area contributed by atoms with Crippen molar-refractivity contribution < 1.29 is 4.42 Å². The van der Waals surface area contributed by atoms with Crippen molar-refractivity contribution in [3.05, 3.63) is 194 Å². The zero-order valence-electron chi connectivity index (χ0n) is 30.2. The third-order valence-corrected chi connectivity index (χ3v) is 10.6. The lowest BCUT2D eigenvalue weighted by Crippen LogP contribution is -1.98. The second kappa shape index (κ2) is 13.0. The molecule has 0 N–H and O–H groups in total. The first kappa shape index (κ1) is 31.9. The van der Waals surface area contributed by atoms with Crippen LogP contribution in [0.4, 0.5) is 0 Å². The van der Waals surface area contributed by atoms with E-state index in [-0.39, 0.29) is 0 Å². The molecule has 7 aromatic carbocycles. The minimum atomic E-state index is 0.667. The van der Waals surface area contributed by atoms with E-state index in [1.54, 1.807) is 0 Å². The van der Waals surface area contributed by atoms with E-state index in [0.717, 1.165) is 99.9 Å². The summed E-state index contributed by atoms with van der Waals surface area (Å²) in [6.07, 6.45) is 0. The summed E-state index contributed by atoms with van der Waals surface area (Å²) in [5.41, 5.74) is 13.7. The van der Waals surface area contributed by atoms with Gasteiger partial charge in [0.25, 0.3) is 0 Å². The maximum absolute atomic E-state index is 6.16. The van der Waals surface area contributed by atoms with Crippen LogP contribution in [0.15, 0.2) is 199 Å². The molecule has 11 rings (SSSR count). The molecule has 0 saturated carbocycles. The number of fused-ring (bicyclic) bond motifs is 6. The first-order valence-corrected chi connectivity index (χ1v) is 18.8. The minimum absolute atomic E-state index is 0.667. The Hall–Kier alpha value is -7.63. The number of para-hydroxylation sites is 1. The highest BCUT2D eigenvalue weighted by Gasteiger charge is 2.22. The Labute approximate surface area is 322 Å². The summed E-state index contributed by atoms with van der Waals surface area (Å²) in [4.78, 5) is 10.3. The normalized spacial score (nSPS) is 11.6. The fourth-order valence-corrected chi connectivity index (χ4v) is 7.95. The van der Waals surface area contributed by atoms with Crippen molar-refractivity contribution in [1.29, 1.82) is 0 Å². The van der Waals surface area contributed by atoms with E-state index < -0.39 is 0 Å². The molecule has 0 fully saturated rings. The van der Waals surface area contributed by atoms with Gasteiger partial charge in [-0.05, 0) is 53.4 Å². The first-order valence-electron chi connectivity index (χ1n) is 18.8. The van der Waals surface area contributed by atoms with Gasteiger partial charge in [-0.15, -0.1) is 0 Å². The maximum atomic E-state index is 6.16. The maximum Gasteiger partial charge on any atom is 0.160 e. The predicted molar refractivity (Wildman–Crippen MR) is 228 cm³/mol. The summed E-state index contributed by atoms with van der Waals surface area (Å²) in [7, 11) is 0. The van der Waals surface area contributed by atoms with Crippen molar-refractivity contribution >= 4 is 38.2 Å². The lowest BCUT2D eigenvalue weighted by atomic mass is 9.96. The highest BCUT2D eigenvalue weighted by Crippen LogP contribution is 2.41. The SMILES string of the molecule is c1ccc(-c2nc(-c3cccc(-c4cc5ccccc5c5c(-c6ccccc6)c(-c6ccccc6)nn45)c3)cc(-c3ccc4oc5ccccc5c4c3)n2)cc1. The molecule has 0 atom stereocenters. The number of furan rings is 1. The molecule has 0 radical (unpaired) electrons. The topological polar surface area (TPSA) is 56.2 Å². The molecular weight excluding hydrogens is 685 g/mol. The second-order valence-corrected chi connectivity index (χ2v) is 14.1. The van der Waals surface area contributed by atoms with E-state index in [9.17, 15) is 0 Å². The van der Waals surface area contributed by atoms with Crippen molar-refractivity contribution in [2.45, 2.75) is 0 Å². The van der Waals surface area contributed by atoms with Gasteiger partial charge in [0.15, 0.2) is 5.82 Å². The zero-order chi connectivity index (χ0) is 37.0. The van der Waals surface area contributed by atoms with Crippen molar-refractivity contribution in [3.8, 4) is 67.5 Å². The molecule has 5 heteroatoms. The number of hydrogen-bond acceptors (Lipinski definition) is 4. The smallest absolute Gasteiger partial charge is 0.160 e. The molecule has 0 amide bonds. The monoisotopic (exact) mass is 716 g/mol. The van der Waals surface area contributed by atoms with Gasteiger partial charge >= 0.3 is 0 Å². The Morgan fingerprint density at radius 2 is 0.982 bits per heavy atom. The zero-order valence-corrected chi connectivity index (χ0v) is 30.2. The van der Waals surface area contributed by atoms with E-state index in [1.807, 2.05) is 48.5 Å². The number of hydrogen-bond donors (Lipinski definition) is 0. The van der Waals surface area contributed by atoms with Gasteiger partial charge in [0.2, 0.25) is 0 Å². The summed E-state index contributed by atoms with van der Waals surface area (Å²) < 4.78 is 8.30. The van der Waals surface area contributed by atoms with Gasteiger partial charge in [0.05, 0.1) is 22.6 Å². The lowest BCUT2D eigenvalue weighted by Gasteiger charge is -2.13. The summed E-state index contributed by atoms with van der Waals surface area (Å²) >= 11 is 0. The van der Waals surface area contributed by atoms with Crippen LogP contribution in [0.25, 0.3) is 106 Å². The average molecular weight is 717 g/mol. The molecule has 5 nitrogen and oxygen atoms in total. The van der Waals surface area contributed by atoms with E-state index in [1.165, 1.54) is 0 Å². The minimum Gasteiger partial charge on any atom is -0.456 e. The fraction of sp³-hybridized carbons (Fsp3) is 0. The summed E-state index contributed by atoms with van der Waals surface area (Å²) in [6, 6.07) is 67.3. The Morgan fingerprint density at radius 1 is 0.393 bits per heavy atom. The molecule has 0 bridgehead atoms. The van der Waals surface area contributed by atoms with Gasteiger partial charge in [-0.1, -0.05) is 152 Å². The molecule has 0 aliphatic rings. The van der Waals surface area contributed by atoms with E-state index in [4.69, 9.17) is 19.5 Å². The van der Waals surface area contributed by atoms with Crippen LogP contribution in [0.5, 0.6) is 0 Å². The van der Waals surface area contributed by atoms with Crippen molar-refractivity contribution in [2.24, 2.45) is 0 Å². The Bertz CT molecular complexity index is 3240. The van der Waals surface area contributed by atoms with Crippen LogP contribution >= 0.6 is 0 Å². The molecule has 0 spiro atoms. The van der Waals surface area contributed by atoms with E-state index in [2.05, 4.69) is 150 Å². The molecule has 4 heterocycles. The Morgan fingerprint density at radius 3 is 1.75 bits per heavy atom. The van der Waals surface area contributed by atoms with Gasteiger partial charge in [0, 0.05) is 49.5 Å². The van der Waals surface area contributed by atoms with Crippen LogP contribution in [-0.2, 0) is 0 Å². The number of pyridine rings is 1. The molecule has 56 heavy (non-hydrogen) atoms. The van der Waals surface area contributed by atoms with Gasteiger partial charge < -0.3 is 4.42 Å². The van der Waals surface area contributed by atoms with Crippen molar-refractivity contribution in [3.63, 3.8) is 0 Å². The van der Waals surface area contributed by atoms with Gasteiger partial charge in [0.1, 0.15) is 16.9 Å². The molecular formula is C51H32N4O. The van der Waals surface area contributed by atoms with Gasteiger partial charge in [-0.3, -0.25) is 0 Å². The van der Waals surface area contributed by atoms with Crippen molar-refractivity contribution in [2.75, 3.05) is 0 Å². The fourth-order valence-electron chi connectivity index (χ4n) is 7.95. The lowest BCUT2D eigenvalue weighted by molar-refractivity contribution is 0.669. The van der Waals surface area contributed by atoms with Crippen LogP contribution in [0, 0.1) is 0 Å². The number of aromatic nitrogens is 4. The molecule has 11 aromatic rings. The highest BCUT2D eigenvalue weighted by atomic mass is 16.3. The van der Waals surface area contributed by atoms with Crippen LogP contribution < -0.4 is 0 Å². The van der Waals surface area contributed by atoms with Crippen LogP contribution in [0.1, 0.15) is 0 Å². The quantitative estimate of drug-likeness (QED) is 0.172. The molecule has 0 aliphatic carbocycles. The molecule has 0 aliphatic heterocycles. The van der Waals surface area contributed by atoms with E-state index in [0.29, 0.717) is 5.82 Å². The summed E-state index contributed by atoms with van der Waals surface area (Å²) in [5.74, 6) is 0.667. The predicted octanol–water partition coefficient (Wildman–Crippen LogP) is 13.2. The third-order valence-electron chi connectivity index (χ3n) is 10.6. The summed E-state index contributed by atoms with van der Waals surface area (Å²) in [5, 5.41) is 9.86. The average Bonchev–Trinajstić information content (AvgIpc) is 3.86. The van der Waals surface area contributed by atoms with Gasteiger partial charge in [-0.2, -0.15) is 5.10 Å². The standard InChI is InChI=1S/C51H32N4O/c1-4-15-33(16-5-1)48-49(34-17-6-2-7-18-34)54-55-45(31-36-21-10-11-24-40(36)50(48)55)39-23-14-22-37(29-39)43-32-44(53-51(52-43)35-19-8-3-9-20-35)38-27-28-47-42(30-38)41-25-12-13-26-46(41)56-47/h1-32H. The largest absolute Gasteiger partial charge is 0.456 e. The van der Waals surface area contributed by atoms with Crippen LogP contribution in [0.2, 0.25) is 0 Å². The summed E-state index contributed by atoms with van der Waals surface area (Å²) in [6.45, 7) is 0. The van der Waals surface area contributed by atoms with Crippen LogP contribution in [-0.4, -0.2) is 19.6 Å². The van der Waals surface area contributed by atoms with Gasteiger partial charge in [-0.25, -0.2) is 14.5 Å². The second-order valence-electron chi connectivity index (χ2n) is 14.1. The Kier molecular flexibility index (Phi) is 7.42. The third kappa shape index (κ3) is 5.37. The Balaban J connectivity index is 1.12. The molecule has 4 aromatic heterocycles. The molecule has 0 unspecified atom stereocenters. The number of rotatable bonds is 6. The number of nitrogens with zero attached hydrogens (tertiary/aromatic N) is 4. The number of benzene rings is 7. The van der Waals surface area contributed by atoms with E-state index >= 15 is 0 Å². The molecule has 0 saturated heterocycles. The van der Waals surface area contributed by atoms with Crippen molar-refractivity contribution in [1.82, 2.24) is 19.6 Å². The highest BCUT2D eigenvalue weighted by molar-refractivity contribution is 6.09. The molecule has 262 valence electrons. The van der Waals surface area contributed by atoms with Crippen LogP contribution in [0.3, 0.4) is 0 Å². The first-order chi connectivity index (χ1) is 27.7.